The number of aliphatic imine (C=N–C) groups is 1. The molecule has 0 bridgehead atoms. The predicted molar refractivity (Wildman–Crippen MR) is 40.1 cm³/mol. The molecule has 0 saturated carbocycles. The van der Waals surface area contributed by atoms with Crippen LogP contribution in [0.1, 0.15) is 0 Å². The van der Waals surface area contributed by atoms with Crippen molar-refractivity contribution in [2.45, 2.75) is 0 Å². The van der Waals surface area contributed by atoms with E-state index in [-0.39, 0.29) is 12.5 Å². The zero-order chi connectivity index (χ0) is 8.27. The summed E-state index contributed by atoms with van der Waals surface area (Å²) in [5, 5.41) is 0. The van der Waals surface area contributed by atoms with Gasteiger partial charge in [-0.1, -0.05) is 0 Å². The van der Waals surface area contributed by atoms with Crippen LogP contribution in [-0.2, 0) is 9.53 Å². The van der Waals surface area contributed by atoms with Crippen LogP contribution >= 0.6 is 0 Å². The van der Waals surface area contributed by atoms with Crippen LogP contribution < -0.4 is 5.73 Å². The topological polar surface area (TPSA) is 67.9 Å². The number of nitrogens with two attached hydrogens (primary N) is 1. The number of guanidine groups is 1. The van der Waals surface area contributed by atoms with E-state index in [2.05, 4.69) is 4.99 Å². The van der Waals surface area contributed by atoms with Gasteiger partial charge in [0.2, 0.25) is 0 Å². The van der Waals surface area contributed by atoms with E-state index in [0.29, 0.717) is 19.1 Å². The van der Waals surface area contributed by atoms with Crippen LogP contribution in [0.5, 0.6) is 0 Å². The van der Waals surface area contributed by atoms with Crippen molar-refractivity contribution in [3.05, 3.63) is 0 Å². The summed E-state index contributed by atoms with van der Waals surface area (Å²) in [4.78, 5) is 15.9. The smallest absolute Gasteiger partial charge is 0.268 e. The Morgan fingerprint density at radius 3 is 3.00 bits per heavy atom. The zero-order valence-corrected chi connectivity index (χ0v) is 6.41. The van der Waals surface area contributed by atoms with Gasteiger partial charge in [0.05, 0.1) is 6.61 Å². The summed E-state index contributed by atoms with van der Waals surface area (Å²) < 4.78 is 4.82. The van der Waals surface area contributed by atoms with Crippen molar-refractivity contribution in [2.24, 2.45) is 10.7 Å². The van der Waals surface area contributed by atoms with Gasteiger partial charge in [-0.2, -0.15) is 4.99 Å². The maximum Gasteiger partial charge on any atom is 0.268 e. The van der Waals surface area contributed by atoms with Gasteiger partial charge in [-0.25, -0.2) is 0 Å². The van der Waals surface area contributed by atoms with E-state index < -0.39 is 0 Å². The van der Waals surface area contributed by atoms with E-state index in [0.717, 1.165) is 0 Å². The minimum atomic E-state index is -0.182. The van der Waals surface area contributed by atoms with E-state index >= 15 is 0 Å². The molecule has 0 aromatic heterocycles. The first-order chi connectivity index (χ1) is 5.24. The second kappa shape index (κ2) is 3.34. The zero-order valence-electron chi connectivity index (χ0n) is 6.41. The summed E-state index contributed by atoms with van der Waals surface area (Å²) in [6.07, 6.45) is 0. The summed E-state index contributed by atoms with van der Waals surface area (Å²) in [6, 6.07) is 0. The fraction of sp³-hybridized carbons (Fsp3) is 0.667. The van der Waals surface area contributed by atoms with Crippen molar-refractivity contribution in [1.82, 2.24) is 4.90 Å². The summed E-state index contributed by atoms with van der Waals surface area (Å²) >= 11 is 0. The number of hydrogen-bond donors (Lipinski definition) is 1. The van der Waals surface area contributed by atoms with Crippen LogP contribution in [0.25, 0.3) is 0 Å². The molecule has 0 unspecified atom stereocenters. The summed E-state index contributed by atoms with van der Waals surface area (Å²) in [6.45, 7) is 1.47. The number of carbonyl (C=O) groups is 1. The molecule has 62 valence electrons. The minimum Gasteiger partial charge on any atom is -0.383 e. The lowest BCUT2D eigenvalue weighted by molar-refractivity contribution is -0.117. The SMILES string of the molecule is COCCN1CC(=O)N=C1N. The van der Waals surface area contributed by atoms with E-state index in [1.165, 1.54) is 0 Å². The third kappa shape index (κ3) is 1.91. The first-order valence-corrected chi connectivity index (χ1v) is 3.35. The van der Waals surface area contributed by atoms with Gasteiger partial charge < -0.3 is 15.4 Å². The number of amides is 1. The van der Waals surface area contributed by atoms with Gasteiger partial charge in [0.1, 0.15) is 6.54 Å². The molecule has 2 N–H and O–H groups in total. The van der Waals surface area contributed by atoms with Crippen LogP contribution in [-0.4, -0.2) is 43.6 Å². The van der Waals surface area contributed by atoms with Crippen LogP contribution in [0.3, 0.4) is 0 Å². The molecule has 0 radical (unpaired) electrons. The number of ether oxygens (including phenoxy) is 1. The average molecular weight is 157 g/mol. The van der Waals surface area contributed by atoms with Crippen molar-refractivity contribution in [2.75, 3.05) is 26.8 Å². The van der Waals surface area contributed by atoms with E-state index in [4.69, 9.17) is 10.5 Å². The Hall–Kier alpha value is -1.10. The lowest BCUT2D eigenvalue weighted by Gasteiger charge is -2.14. The number of methoxy groups -OCH3 is 1. The van der Waals surface area contributed by atoms with Crippen molar-refractivity contribution in [3.8, 4) is 0 Å². The van der Waals surface area contributed by atoms with E-state index in [1.807, 2.05) is 0 Å². The Kier molecular flexibility index (Phi) is 2.43. The molecule has 0 aliphatic carbocycles. The van der Waals surface area contributed by atoms with Crippen LogP contribution in [0.15, 0.2) is 4.99 Å². The molecule has 0 saturated heterocycles. The maximum atomic E-state index is 10.7. The van der Waals surface area contributed by atoms with Gasteiger partial charge in [0, 0.05) is 13.7 Å². The lowest BCUT2D eigenvalue weighted by atomic mass is 10.5. The van der Waals surface area contributed by atoms with Crippen molar-refractivity contribution in [3.63, 3.8) is 0 Å². The second-order valence-electron chi connectivity index (χ2n) is 2.28. The van der Waals surface area contributed by atoms with Crippen molar-refractivity contribution in [1.29, 1.82) is 0 Å². The van der Waals surface area contributed by atoms with E-state index in [9.17, 15) is 4.79 Å². The third-order valence-corrected chi connectivity index (χ3v) is 1.45. The second-order valence-corrected chi connectivity index (χ2v) is 2.28. The number of hydrogen-bond acceptors (Lipinski definition) is 4. The summed E-state index contributed by atoms with van der Waals surface area (Å²) in [5.74, 6) is 0.116. The standard InChI is InChI=1S/C6H11N3O2/c1-11-3-2-9-4-5(10)8-6(9)7/h2-4H2,1H3,(H2,7,8,10). The number of carbonyl (C=O) groups excluding carboxylic acids is 1. The summed E-state index contributed by atoms with van der Waals surface area (Å²) in [5.41, 5.74) is 5.41. The average Bonchev–Trinajstić information content (AvgIpc) is 2.26. The molecular formula is C6H11N3O2. The molecule has 1 amide bonds. The van der Waals surface area contributed by atoms with Gasteiger partial charge >= 0.3 is 0 Å². The van der Waals surface area contributed by atoms with Gasteiger partial charge in [-0.15, -0.1) is 0 Å². The largest absolute Gasteiger partial charge is 0.383 e. The maximum absolute atomic E-state index is 10.7. The summed E-state index contributed by atoms with van der Waals surface area (Å²) in [7, 11) is 1.60. The molecule has 1 rings (SSSR count). The predicted octanol–water partition coefficient (Wildman–Crippen LogP) is -1.21. The highest BCUT2D eigenvalue weighted by Crippen LogP contribution is 1.97. The number of nitrogens with zero attached hydrogens (tertiary/aromatic N) is 2. The van der Waals surface area contributed by atoms with Crippen molar-refractivity contribution >= 4 is 11.9 Å². The lowest BCUT2D eigenvalue weighted by Crippen LogP contribution is -2.36. The first-order valence-electron chi connectivity index (χ1n) is 3.35. The fourth-order valence-corrected chi connectivity index (χ4v) is 0.873. The fourth-order valence-electron chi connectivity index (χ4n) is 0.873. The van der Waals surface area contributed by atoms with Gasteiger partial charge in [0.25, 0.3) is 5.91 Å². The van der Waals surface area contributed by atoms with Crippen LogP contribution in [0, 0.1) is 0 Å². The van der Waals surface area contributed by atoms with E-state index in [1.54, 1.807) is 12.0 Å². The Bertz CT molecular complexity index is 190. The highest BCUT2D eigenvalue weighted by Gasteiger charge is 2.19. The molecule has 0 aromatic carbocycles. The Morgan fingerprint density at radius 1 is 1.82 bits per heavy atom. The molecule has 5 nitrogen and oxygen atoms in total. The Morgan fingerprint density at radius 2 is 2.55 bits per heavy atom. The van der Waals surface area contributed by atoms with Crippen LogP contribution in [0.4, 0.5) is 0 Å². The Balaban J connectivity index is 2.38. The molecule has 11 heavy (non-hydrogen) atoms. The van der Waals surface area contributed by atoms with Gasteiger partial charge in [-0.05, 0) is 0 Å². The highest BCUT2D eigenvalue weighted by molar-refractivity contribution is 5.99. The molecule has 0 atom stereocenters. The number of rotatable bonds is 3. The molecule has 0 spiro atoms. The first kappa shape index (κ1) is 8.00. The normalized spacial score (nSPS) is 17.4. The molecular weight excluding hydrogens is 146 g/mol. The monoisotopic (exact) mass is 157 g/mol. The highest BCUT2D eigenvalue weighted by atomic mass is 16.5. The quantitative estimate of drug-likeness (QED) is 0.558. The van der Waals surface area contributed by atoms with Gasteiger partial charge in [-0.3, -0.25) is 4.79 Å². The molecule has 1 heterocycles. The van der Waals surface area contributed by atoms with Gasteiger partial charge in [0.15, 0.2) is 5.96 Å². The Labute approximate surface area is 64.8 Å². The van der Waals surface area contributed by atoms with Crippen molar-refractivity contribution < 1.29 is 9.53 Å². The molecule has 0 fully saturated rings. The minimum absolute atomic E-state index is 0.182. The molecule has 0 aromatic rings. The van der Waals surface area contributed by atoms with Crippen LogP contribution in [0.2, 0.25) is 0 Å². The third-order valence-electron chi connectivity index (χ3n) is 1.45. The molecule has 1 aliphatic rings. The molecule has 1 aliphatic heterocycles. The molecule has 5 heteroatoms.